The molecule has 5 rings (SSSR count). The molecule has 7 heteroatoms. The van der Waals surface area contributed by atoms with E-state index in [0.29, 0.717) is 0 Å². The molecule has 0 saturated carbocycles. The highest BCUT2D eigenvalue weighted by Crippen LogP contribution is 2.28. The van der Waals surface area contributed by atoms with Gasteiger partial charge in [-0.2, -0.15) is 0 Å². The predicted octanol–water partition coefficient (Wildman–Crippen LogP) is 3.56. The number of H-pyrrole nitrogens is 1. The summed E-state index contributed by atoms with van der Waals surface area (Å²) in [5, 5.41) is 0. The number of hydrogen-bond acceptors (Lipinski definition) is 5. The van der Waals surface area contributed by atoms with E-state index in [2.05, 4.69) is 56.2 Å². The number of piperazine rings is 1. The van der Waals surface area contributed by atoms with E-state index in [-0.39, 0.29) is 5.56 Å². The molecule has 1 saturated heterocycles. The molecule has 0 radical (unpaired) electrons. The maximum atomic E-state index is 12.0. The van der Waals surface area contributed by atoms with Crippen LogP contribution in [0.5, 0.6) is 5.75 Å². The molecular weight excluding hydrogens is 426 g/mol. The van der Waals surface area contributed by atoms with Crippen LogP contribution >= 0.6 is 0 Å². The fourth-order valence-electron chi connectivity index (χ4n) is 4.78. The quantitative estimate of drug-likeness (QED) is 0.480. The molecule has 0 aliphatic carbocycles. The highest BCUT2D eigenvalue weighted by Gasteiger charge is 2.19. The summed E-state index contributed by atoms with van der Waals surface area (Å²) in [6.07, 6.45) is 3.63. The lowest BCUT2D eigenvalue weighted by Gasteiger charge is -2.35. The SMILES string of the molecule is COc1cc(-c2cc(C)c(=O)n(C)c2)ccc1CN1CCN(Cc2ccc3nc[nH]c3c2)CC1. The van der Waals surface area contributed by atoms with Gasteiger partial charge in [0.2, 0.25) is 0 Å². The Morgan fingerprint density at radius 3 is 2.47 bits per heavy atom. The van der Waals surface area contributed by atoms with Crippen molar-refractivity contribution >= 4 is 11.0 Å². The van der Waals surface area contributed by atoms with Crippen molar-refractivity contribution < 1.29 is 4.74 Å². The van der Waals surface area contributed by atoms with Crippen LogP contribution in [0.25, 0.3) is 22.2 Å². The van der Waals surface area contributed by atoms with E-state index in [1.807, 2.05) is 19.2 Å². The van der Waals surface area contributed by atoms with Gasteiger partial charge in [0, 0.05) is 63.6 Å². The number of aryl methyl sites for hydroxylation is 2. The molecular formula is C27H31N5O2. The molecule has 2 aromatic carbocycles. The minimum Gasteiger partial charge on any atom is -0.496 e. The zero-order valence-corrected chi connectivity index (χ0v) is 20.0. The number of nitrogens with one attached hydrogen (secondary N) is 1. The van der Waals surface area contributed by atoms with Crippen molar-refractivity contribution in [2.45, 2.75) is 20.0 Å². The monoisotopic (exact) mass is 457 g/mol. The molecule has 1 fully saturated rings. The van der Waals surface area contributed by atoms with Gasteiger partial charge in [-0.1, -0.05) is 18.2 Å². The Morgan fingerprint density at radius 2 is 1.74 bits per heavy atom. The lowest BCUT2D eigenvalue weighted by molar-refractivity contribution is 0.121. The third kappa shape index (κ3) is 4.62. The number of nitrogens with zero attached hydrogens (tertiary/aromatic N) is 4. The summed E-state index contributed by atoms with van der Waals surface area (Å²) in [6, 6.07) is 14.8. The topological polar surface area (TPSA) is 66.4 Å². The number of methoxy groups -OCH3 is 1. The van der Waals surface area contributed by atoms with Gasteiger partial charge in [0.05, 0.1) is 24.5 Å². The highest BCUT2D eigenvalue weighted by atomic mass is 16.5. The van der Waals surface area contributed by atoms with Crippen LogP contribution in [0.2, 0.25) is 0 Å². The average molecular weight is 458 g/mol. The summed E-state index contributed by atoms with van der Waals surface area (Å²) >= 11 is 0. The molecule has 1 N–H and O–H groups in total. The van der Waals surface area contributed by atoms with Crippen LogP contribution in [-0.4, -0.2) is 57.6 Å². The average Bonchev–Trinajstić information content (AvgIpc) is 3.31. The molecule has 0 bridgehead atoms. The van der Waals surface area contributed by atoms with Crippen LogP contribution in [0.4, 0.5) is 0 Å². The number of rotatable bonds is 6. The van der Waals surface area contributed by atoms with Gasteiger partial charge >= 0.3 is 0 Å². The van der Waals surface area contributed by atoms with Crippen molar-refractivity contribution in [1.29, 1.82) is 0 Å². The second-order valence-electron chi connectivity index (χ2n) is 9.16. The smallest absolute Gasteiger partial charge is 0.253 e. The first-order valence-electron chi connectivity index (χ1n) is 11.7. The van der Waals surface area contributed by atoms with Gasteiger partial charge in [0.1, 0.15) is 5.75 Å². The first-order chi connectivity index (χ1) is 16.5. The van der Waals surface area contributed by atoms with Crippen molar-refractivity contribution in [1.82, 2.24) is 24.3 Å². The van der Waals surface area contributed by atoms with Gasteiger partial charge in [0.15, 0.2) is 0 Å². The van der Waals surface area contributed by atoms with E-state index in [9.17, 15) is 4.79 Å². The summed E-state index contributed by atoms with van der Waals surface area (Å²) in [5.74, 6) is 0.888. The maximum Gasteiger partial charge on any atom is 0.253 e. The van der Waals surface area contributed by atoms with Gasteiger partial charge in [0.25, 0.3) is 5.56 Å². The lowest BCUT2D eigenvalue weighted by atomic mass is 10.0. The van der Waals surface area contributed by atoms with Crippen LogP contribution in [0.1, 0.15) is 16.7 Å². The van der Waals surface area contributed by atoms with Crippen molar-refractivity contribution in [2.24, 2.45) is 7.05 Å². The molecule has 0 spiro atoms. The molecule has 7 nitrogen and oxygen atoms in total. The number of pyridine rings is 1. The summed E-state index contributed by atoms with van der Waals surface area (Å²) < 4.78 is 7.38. The fourth-order valence-corrected chi connectivity index (χ4v) is 4.78. The van der Waals surface area contributed by atoms with E-state index in [1.54, 1.807) is 25.1 Å². The van der Waals surface area contributed by atoms with E-state index < -0.39 is 0 Å². The molecule has 0 unspecified atom stereocenters. The van der Waals surface area contributed by atoms with Gasteiger partial charge < -0.3 is 14.3 Å². The van der Waals surface area contributed by atoms with Crippen LogP contribution in [0.15, 0.2) is 59.8 Å². The van der Waals surface area contributed by atoms with Crippen molar-refractivity contribution in [3.05, 3.63) is 82.0 Å². The van der Waals surface area contributed by atoms with Gasteiger partial charge in [-0.15, -0.1) is 0 Å². The largest absolute Gasteiger partial charge is 0.496 e. The molecule has 34 heavy (non-hydrogen) atoms. The van der Waals surface area contributed by atoms with E-state index in [4.69, 9.17) is 4.74 Å². The number of aromatic amines is 1. The van der Waals surface area contributed by atoms with Crippen LogP contribution in [0.3, 0.4) is 0 Å². The number of benzene rings is 2. The second kappa shape index (κ2) is 9.44. The summed E-state index contributed by atoms with van der Waals surface area (Å²) in [4.78, 5) is 24.5. The summed E-state index contributed by atoms with van der Waals surface area (Å²) in [6.45, 7) is 7.81. The number of fused-ring (bicyclic) bond motifs is 1. The molecule has 0 amide bonds. The number of ether oxygens (including phenoxy) is 1. The predicted molar refractivity (Wildman–Crippen MR) is 135 cm³/mol. The Balaban J connectivity index is 1.23. The Labute approximate surface area is 199 Å². The van der Waals surface area contributed by atoms with Crippen molar-refractivity contribution in [3.63, 3.8) is 0 Å². The number of imidazole rings is 1. The van der Waals surface area contributed by atoms with Gasteiger partial charge in [-0.25, -0.2) is 4.98 Å². The second-order valence-corrected chi connectivity index (χ2v) is 9.16. The van der Waals surface area contributed by atoms with Gasteiger partial charge in [-0.05, 0) is 47.9 Å². The Morgan fingerprint density at radius 1 is 0.971 bits per heavy atom. The first kappa shape index (κ1) is 22.4. The lowest BCUT2D eigenvalue weighted by Crippen LogP contribution is -2.45. The molecule has 2 aromatic heterocycles. The normalized spacial score (nSPS) is 15.1. The number of hydrogen-bond donors (Lipinski definition) is 1. The number of aromatic nitrogens is 3. The fraction of sp³-hybridized carbons (Fsp3) is 0.333. The minimum atomic E-state index is 0.0355. The van der Waals surface area contributed by atoms with E-state index >= 15 is 0 Å². The zero-order valence-electron chi connectivity index (χ0n) is 20.0. The molecule has 176 valence electrons. The Bertz CT molecular complexity index is 1340. The zero-order chi connectivity index (χ0) is 23.7. The summed E-state index contributed by atoms with van der Waals surface area (Å²) in [5.41, 5.74) is 7.46. The summed E-state index contributed by atoms with van der Waals surface area (Å²) in [7, 11) is 3.52. The van der Waals surface area contributed by atoms with Gasteiger partial charge in [-0.3, -0.25) is 14.6 Å². The first-order valence-corrected chi connectivity index (χ1v) is 11.7. The van der Waals surface area contributed by atoms with E-state index in [0.717, 1.165) is 72.7 Å². The maximum absolute atomic E-state index is 12.0. The third-order valence-corrected chi connectivity index (χ3v) is 6.73. The van der Waals surface area contributed by atoms with Crippen molar-refractivity contribution in [3.8, 4) is 16.9 Å². The standard InChI is InChI=1S/C27H31N5O2/c1-19-12-23(16-30(2)27(19)33)21-5-6-22(26(14-21)34-3)17-32-10-8-31(9-11-32)15-20-4-7-24-25(13-20)29-18-28-24/h4-7,12-14,16,18H,8-11,15,17H2,1-3H3,(H,28,29). The van der Waals surface area contributed by atoms with Crippen LogP contribution < -0.4 is 10.3 Å². The molecule has 4 aromatic rings. The molecule has 1 aliphatic heterocycles. The highest BCUT2D eigenvalue weighted by molar-refractivity contribution is 5.75. The Hall–Kier alpha value is -3.42. The molecule has 1 aliphatic rings. The molecule has 3 heterocycles. The third-order valence-electron chi connectivity index (χ3n) is 6.73. The van der Waals surface area contributed by atoms with Crippen molar-refractivity contribution in [2.75, 3.05) is 33.3 Å². The van der Waals surface area contributed by atoms with E-state index in [1.165, 1.54) is 11.1 Å². The van der Waals surface area contributed by atoms with Crippen LogP contribution in [-0.2, 0) is 20.1 Å². The Kier molecular flexibility index (Phi) is 6.22. The van der Waals surface area contributed by atoms with Crippen LogP contribution in [0, 0.1) is 6.92 Å². The molecule has 0 atom stereocenters. The minimum absolute atomic E-state index is 0.0355.